The highest BCUT2D eigenvalue weighted by molar-refractivity contribution is 5.76. The summed E-state index contributed by atoms with van der Waals surface area (Å²) < 4.78 is 0. The molecule has 0 aromatic carbocycles. The minimum Gasteiger partial charge on any atom is -0.359 e. The van der Waals surface area contributed by atoms with Gasteiger partial charge in [0.25, 0.3) is 0 Å². The first-order chi connectivity index (χ1) is 9.16. The minimum atomic E-state index is 0.206. The SMILES string of the molecule is CC(=O)CCN(C)c1cc(N2CCCCC2)ncn1. The smallest absolute Gasteiger partial charge is 0.134 e. The third-order valence-electron chi connectivity index (χ3n) is 3.51. The molecule has 2 rings (SSSR count). The van der Waals surface area contributed by atoms with E-state index in [-0.39, 0.29) is 5.78 Å². The van der Waals surface area contributed by atoms with Crippen molar-refractivity contribution >= 4 is 17.4 Å². The summed E-state index contributed by atoms with van der Waals surface area (Å²) in [6, 6.07) is 2.02. The number of Topliss-reactive ketones (excluding diaryl/α,β-unsaturated/α-hetero) is 1. The van der Waals surface area contributed by atoms with Gasteiger partial charge in [0, 0.05) is 39.2 Å². The van der Waals surface area contributed by atoms with Crippen molar-refractivity contribution in [3.8, 4) is 0 Å². The number of hydrogen-bond donors (Lipinski definition) is 0. The first-order valence-corrected chi connectivity index (χ1v) is 6.94. The molecular formula is C14H22N4O. The molecule has 0 bridgehead atoms. The Kier molecular flexibility index (Phi) is 4.71. The summed E-state index contributed by atoms with van der Waals surface area (Å²) in [6.45, 7) is 4.47. The van der Waals surface area contributed by atoms with Gasteiger partial charge in [0.1, 0.15) is 23.7 Å². The molecule has 1 aromatic heterocycles. The quantitative estimate of drug-likeness (QED) is 0.811. The monoisotopic (exact) mass is 262 g/mol. The number of rotatable bonds is 5. The van der Waals surface area contributed by atoms with E-state index in [1.54, 1.807) is 13.3 Å². The van der Waals surface area contributed by atoms with Gasteiger partial charge in [-0.3, -0.25) is 4.79 Å². The third kappa shape index (κ3) is 3.91. The van der Waals surface area contributed by atoms with Gasteiger partial charge >= 0.3 is 0 Å². The second kappa shape index (κ2) is 6.50. The molecule has 0 N–H and O–H groups in total. The summed E-state index contributed by atoms with van der Waals surface area (Å²) in [5.74, 6) is 2.09. The number of carbonyl (C=O) groups excluding carboxylic acids is 1. The lowest BCUT2D eigenvalue weighted by atomic mass is 10.1. The van der Waals surface area contributed by atoms with Crippen LogP contribution in [-0.2, 0) is 4.79 Å². The summed E-state index contributed by atoms with van der Waals surface area (Å²) in [4.78, 5) is 24.0. The normalized spacial score (nSPS) is 15.4. The Morgan fingerprint density at radius 2 is 2.05 bits per heavy atom. The lowest BCUT2D eigenvalue weighted by Crippen LogP contribution is -2.30. The molecule has 1 aliphatic heterocycles. The van der Waals surface area contributed by atoms with Gasteiger partial charge in [-0.15, -0.1) is 0 Å². The molecule has 0 unspecified atom stereocenters. The standard InChI is InChI=1S/C14H22N4O/c1-12(19)6-9-17(2)13-10-14(16-11-15-13)18-7-4-3-5-8-18/h10-11H,3-9H2,1-2H3. The van der Waals surface area contributed by atoms with Crippen LogP contribution in [0.25, 0.3) is 0 Å². The maximum atomic E-state index is 11.0. The van der Waals surface area contributed by atoms with Crippen LogP contribution in [0, 0.1) is 0 Å². The second-order valence-corrected chi connectivity index (χ2v) is 5.16. The third-order valence-corrected chi connectivity index (χ3v) is 3.51. The molecule has 1 aliphatic rings. The van der Waals surface area contributed by atoms with Crippen LogP contribution < -0.4 is 9.80 Å². The first kappa shape index (κ1) is 13.8. The van der Waals surface area contributed by atoms with E-state index in [0.29, 0.717) is 13.0 Å². The predicted octanol–water partition coefficient (Wildman–Crippen LogP) is 1.88. The van der Waals surface area contributed by atoms with E-state index in [1.165, 1.54) is 19.3 Å². The molecule has 0 saturated carbocycles. The van der Waals surface area contributed by atoms with Crippen LogP contribution in [0.2, 0.25) is 0 Å². The van der Waals surface area contributed by atoms with Gasteiger partial charge in [-0.05, 0) is 26.2 Å². The average molecular weight is 262 g/mol. The van der Waals surface area contributed by atoms with Gasteiger partial charge in [0.05, 0.1) is 0 Å². The summed E-state index contributed by atoms with van der Waals surface area (Å²) in [5, 5.41) is 0. The van der Waals surface area contributed by atoms with Crippen molar-refractivity contribution in [3.05, 3.63) is 12.4 Å². The molecule has 5 heteroatoms. The van der Waals surface area contributed by atoms with Crippen LogP contribution in [0.3, 0.4) is 0 Å². The van der Waals surface area contributed by atoms with E-state index in [9.17, 15) is 4.79 Å². The Morgan fingerprint density at radius 3 is 2.74 bits per heavy atom. The van der Waals surface area contributed by atoms with Gasteiger partial charge in [0.15, 0.2) is 0 Å². The Balaban J connectivity index is 2.03. The average Bonchev–Trinajstić information content (AvgIpc) is 2.46. The molecule has 0 spiro atoms. The number of aromatic nitrogens is 2. The van der Waals surface area contributed by atoms with E-state index in [0.717, 1.165) is 24.7 Å². The topological polar surface area (TPSA) is 49.3 Å². The van der Waals surface area contributed by atoms with Crippen LogP contribution in [0.1, 0.15) is 32.6 Å². The minimum absolute atomic E-state index is 0.206. The van der Waals surface area contributed by atoms with Gasteiger partial charge in [-0.25, -0.2) is 9.97 Å². The van der Waals surface area contributed by atoms with Crippen molar-refractivity contribution in [2.45, 2.75) is 32.6 Å². The molecule has 1 fully saturated rings. The fraction of sp³-hybridized carbons (Fsp3) is 0.643. The molecule has 2 heterocycles. The van der Waals surface area contributed by atoms with Crippen molar-refractivity contribution in [1.82, 2.24) is 9.97 Å². The number of piperidine rings is 1. The van der Waals surface area contributed by atoms with Gasteiger partial charge in [-0.2, -0.15) is 0 Å². The van der Waals surface area contributed by atoms with Crippen LogP contribution in [-0.4, -0.2) is 42.4 Å². The fourth-order valence-electron chi connectivity index (χ4n) is 2.28. The molecule has 0 radical (unpaired) electrons. The fourth-order valence-corrected chi connectivity index (χ4v) is 2.28. The number of ketones is 1. The molecule has 1 saturated heterocycles. The Morgan fingerprint density at radius 1 is 1.32 bits per heavy atom. The van der Waals surface area contributed by atoms with E-state index in [4.69, 9.17) is 0 Å². The molecular weight excluding hydrogens is 240 g/mol. The van der Waals surface area contributed by atoms with Crippen LogP contribution >= 0.6 is 0 Å². The summed E-state index contributed by atoms with van der Waals surface area (Å²) in [6.07, 6.45) is 5.95. The zero-order chi connectivity index (χ0) is 13.7. The largest absolute Gasteiger partial charge is 0.359 e. The van der Waals surface area contributed by atoms with Gasteiger partial charge in [0.2, 0.25) is 0 Å². The highest BCUT2D eigenvalue weighted by atomic mass is 16.1. The van der Waals surface area contributed by atoms with Crippen LogP contribution in [0.5, 0.6) is 0 Å². The molecule has 0 aliphatic carbocycles. The lowest BCUT2D eigenvalue weighted by Gasteiger charge is -2.28. The maximum Gasteiger partial charge on any atom is 0.134 e. The van der Waals surface area contributed by atoms with Crippen LogP contribution in [0.15, 0.2) is 12.4 Å². The van der Waals surface area contributed by atoms with Crippen molar-refractivity contribution in [2.75, 3.05) is 36.5 Å². The van der Waals surface area contributed by atoms with Crippen molar-refractivity contribution < 1.29 is 4.79 Å². The molecule has 19 heavy (non-hydrogen) atoms. The molecule has 1 aromatic rings. The molecule has 104 valence electrons. The summed E-state index contributed by atoms with van der Waals surface area (Å²) in [7, 11) is 1.96. The highest BCUT2D eigenvalue weighted by Crippen LogP contribution is 2.20. The lowest BCUT2D eigenvalue weighted by molar-refractivity contribution is -0.116. The highest BCUT2D eigenvalue weighted by Gasteiger charge is 2.13. The van der Waals surface area contributed by atoms with E-state index in [1.807, 2.05) is 18.0 Å². The molecule has 5 nitrogen and oxygen atoms in total. The van der Waals surface area contributed by atoms with Crippen LogP contribution in [0.4, 0.5) is 11.6 Å². The number of carbonyl (C=O) groups is 1. The zero-order valence-corrected chi connectivity index (χ0v) is 11.8. The van der Waals surface area contributed by atoms with Crippen molar-refractivity contribution in [2.24, 2.45) is 0 Å². The van der Waals surface area contributed by atoms with Crippen molar-refractivity contribution in [3.63, 3.8) is 0 Å². The van der Waals surface area contributed by atoms with Gasteiger partial charge < -0.3 is 9.80 Å². The number of anilines is 2. The zero-order valence-electron chi connectivity index (χ0n) is 11.8. The van der Waals surface area contributed by atoms with Gasteiger partial charge in [-0.1, -0.05) is 0 Å². The summed E-state index contributed by atoms with van der Waals surface area (Å²) >= 11 is 0. The van der Waals surface area contributed by atoms with Crippen molar-refractivity contribution in [1.29, 1.82) is 0 Å². The predicted molar refractivity (Wildman–Crippen MR) is 76.7 cm³/mol. The maximum absolute atomic E-state index is 11.0. The summed E-state index contributed by atoms with van der Waals surface area (Å²) in [5.41, 5.74) is 0. The Bertz CT molecular complexity index is 429. The number of hydrogen-bond acceptors (Lipinski definition) is 5. The first-order valence-electron chi connectivity index (χ1n) is 6.94. The number of nitrogens with zero attached hydrogens (tertiary/aromatic N) is 4. The second-order valence-electron chi connectivity index (χ2n) is 5.16. The molecule has 0 amide bonds. The molecule has 0 atom stereocenters. The van der Waals surface area contributed by atoms with E-state index in [2.05, 4.69) is 14.9 Å². The van der Waals surface area contributed by atoms with E-state index < -0.39 is 0 Å². The Hall–Kier alpha value is -1.65. The Labute approximate surface area is 114 Å². The van der Waals surface area contributed by atoms with E-state index >= 15 is 0 Å².